The molecule has 0 aromatic heterocycles. The summed E-state index contributed by atoms with van der Waals surface area (Å²) in [5.74, 6) is -1.76. The number of hydrogen-bond acceptors (Lipinski definition) is 4. The average Bonchev–Trinajstić information content (AvgIpc) is 1.97. The fraction of sp³-hybridized carbons (Fsp3) is 0.800. The zero-order valence-corrected chi connectivity index (χ0v) is 7.72. The first-order valence-corrected chi connectivity index (χ1v) is 4.75. The highest BCUT2D eigenvalue weighted by Crippen LogP contribution is 2.26. The summed E-state index contributed by atoms with van der Waals surface area (Å²) in [4.78, 5) is 10.2. The SMILES string of the molecule is CCC(OS(=O)(=O)C(F)(F)F)C(=O)O. The summed E-state index contributed by atoms with van der Waals surface area (Å²) in [6, 6.07) is 0. The van der Waals surface area contributed by atoms with Gasteiger partial charge in [-0.1, -0.05) is 6.92 Å². The van der Waals surface area contributed by atoms with E-state index in [1.54, 1.807) is 0 Å². The van der Waals surface area contributed by atoms with Crippen molar-refractivity contribution in [2.24, 2.45) is 0 Å². The van der Waals surface area contributed by atoms with Gasteiger partial charge in [-0.3, -0.25) is 0 Å². The molecule has 0 radical (unpaired) electrons. The summed E-state index contributed by atoms with van der Waals surface area (Å²) in [7, 11) is -5.83. The Labute approximate surface area is 77.6 Å². The maximum absolute atomic E-state index is 11.7. The molecular weight excluding hydrogens is 229 g/mol. The molecule has 0 aliphatic carbocycles. The predicted octanol–water partition coefficient (Wildman–Crippen LogP) is 0.716. The van der Waals surface area contributed by atoms with Crippen LogP contribution in [0.15, 0.2) is 0 Å². The van der Waals surface area contributed by atoms with Gasteiger partial charge in [0, 0.05) is 0 Å². The Morgan fingerprint density at radius 2 is 1.93 bits per heavy atom. The topological polar surface area (TPSA) is 80.7 Å². The Morgan fingerprint density at radius 1 is 1.50 bits per heavy atom. The third kappa shape index (κ3) is 3.14. The molecular formula is C5H7F3O5S. The van der Waals surface area contributed by atoms with E-state index in [4.69, 9.17) is 5.11 Å². The molecule has 0 aromatic rings. The molecule has 0 aromatic carbocycles. The molecule has 0 bridgehead atoms. The Hall–Kier alpha value is -0.830. The van der Waals surface area contributed by atoms with E-state index >= 15 is 0 Å². The first kappa shape index (κ1) is 13.2. The lowest BCUT2D eigenvalue weighted by molar-refractivity contribution is -0.145. The van der Waals surface area contributed by atoms with Gasteiger partial charge in [0.1, 0.15) is 0 Å². The van der Waals surface area contributed by atoms with Gasteiger partial charge in [0.25, 0.3) is 0 Å². The quantitative estimate of drug-likeness (QED) is 0.574. The zero-order chi connectivity index (χ0) is 11.6. The minimum Gasteiger partial charge on any atom is -0.479 e. The molecule has 9 heteroatoms. The molecule has 0 rings (SSSR count). The molecule has 14 heavy (non-hydrogen) atoms. The van der Waals surface area contributed by atoms with Crippen LogP contribution in [0.5, 0.6) is 0 Å². The van der Waals surface area contributed by atoms with Crippen LogP contribution in [0, 0.1) is 0 Å². The standard InChI is InChI=1S/C5H7F3O5S/c1-2-3(4(9)10)13-14(11,12)5(6,7)8/h3H,2H2,1H3,(H,9,10). The van der Waals surface area contributed by atoms with Crippen molar-refractivity contribution in [3.8, 4) is 0 Å². The van der Waals surface area contributed by atoms with Gasteiger partial charge in [0.15, 0.2) is 6.10 Å². The number of alkyl halides is 3. The van der Waals surface area contributed by atoms with E-state index in [1.165, 1.54) is 6.92 Å². The number of carboxylic acids is 1. The number of rotatable bonds is 4. The van der Waals surface area contributed by atoms with Crippen molar-refractivity contribution in [1.82, 2.24) is 0 Å². The minimum absolute atomic E-state index is 0.384. The van der Waals surface area contributed by atoms with Gasteiger partial charge < -0.3 is 5.11 Å². The highest BCUT2D eigenvalue weighted by Gasteiger charge is 2.49. The van der Waals surface area contributed by atoms with Gasteiger partial charge in [0.05, 0.1) is 0 Å². The second kappa shape index (κ2) is 4.13. The Bertz CT molecular complexity index is 306. The van der Waals surface area contributed by atoms with E-state index < -0.39 is 27.7 Å². The van der Waals surface area contributed by atoms with Gasteiger partial charge in [-0.25, -0.2) is 8.98 Å². The molecule has 5 nitrogen and oxygen atoms in total. The average molecular weight is 236 g/mol. The van der Waals surface area contributed by atoms with Crippen LogP contribution < -0.4 is 0 Å². The van der Waals surface area contributed by atoms with Crippen LogP contribution in [-0.4, -0.2) is 31.1 Å². The van der Waals surface area contributed by atoms with Crippen molar-refractivity contribution in [3.63, 3.8) is 0 Å². The van der Waals surface area contributed by atoms with Gasteiger partial charge in [0.2, 0.25) is 0 Å². The monoisotopic (exact) mass is 236 g/mol. The van der Waals surface area contributed by atoms with Crippen LogP contribution in [0.3, 0.4) is 0 Å². The van der Waals surface area contributed by atoms with Crippen molar-refractivity contribution >= 4 is 16.1 Å². The van der Waals surface area contributed by atoms with E-state index in [0.29, 0.717) is 0 Å². The number of aliphatic carboxylic acids is 1. The van der Waals surface area contributed by atoms with Gasteiger partial charge >= 0.3 is 21.6 Å². The normalized spacial score (nSPS) is 15.1. The Balaban J connectivity index is 4.75. The van der Waals surface area contributed by atoms with E-state index in [2.05, 4.69) is 4.18 Å². The lowest BCUT2D eigenvalue weighted by atomic mass is 10.3. The van der Waals surface area contributed by atoms with E-state index in [0.717, 1.165) is 0 Å². The molecule has 1 unspecified atom stereocenters. The van der Waals surface area contributed by atoms with Crippen molar-refractivity contribution in [2.75, 3.05) is 0 Å². The largest absolute Gasteiger partial charge is 0.523 e. The maximum Gasteiger partial charge on any atom is 0.523 e. The predicted molar refractivity (Wildman–Crippen MR) is 37.8 cm³/mol. The molecule has 0 spiro atoms. The molecule has 0 aliphatic heterocycles. The Kier molecular flexibility index (Phi) is 3.89. The number of carbonyl (C=O) groups is 1. The molecule has 0 fully saturated rings. The van der Waals surface area contributed by atoms with E-state index in [1.807, 2.05) is 0 Å². The van der Waals surface area contributed by atoms with Crippen molar-refractivity contribution < 1.29 is 35.7 Å². The van der Waals surface area contributed by atoms with Gasteiger partial charge in [-0.2, -0.15) is 21.6 Å². The minimum atomic E-state index is -5.83. The lowest BCUT2D eigenvalue weighted by Crippen LogP contribution is -2.33. The van der Waals surface area contributed by atoms with Crippen molar-refractivity contribution in [1.29, 1.82) is 0 Å². The zero-order valence-electron chi connectivity index (χ0n) is 6.91. The molecule has 84 valence electrons. The smallest absolute Gasteiger partial charge is 0.479 e. The summed E-state index contributed by atoms with van der Waals surface area (Å²) in [5, 5.41) is 8.25. The number of hydrogen-bond donors (Lipinski definition) is 1. The second-order valence-electron chi connectivity index (χ2n) is 2.23. The van der Waals surface area contributed by atoms with Crippen LogP contribution in [0.25, 0.3) is 0 Å². The highest BCUT2D eigenvalue weighted by molar-refractivity contribution is 7.87. The summed E-state index contributed by atoms with van der Waals surface area (Å²) >= 11 is 0. The third-order valence-corrected chi connectivity index (χ3v) is 2.23. The summed E-state index contributed by atoms with van der Waals surface area (Å²) in [5.41, 5.74) is -5.60. The molecule has 1 N–H and O–H groups in total. The van der Waals surface area contributed by atoms with Gasteiger partial charge in [-0.15, -0.1) is 0 Å². The number of carboxylic acid groups (broad SMARTS) is 1. The molecule has 0 amide bonds. The summed E-state index contributed by atoms with van der Waals surface area (Å²) in [6.45, 7) is 1.19. The van der Waals surface area contributed by atoms with Crippen LogP contribution in [-0.2, 0) is 19.1 Å². The van der Waals surface area contributed by atoms with E-state index in [9.17, 15) is 26.4 Å². The summed E-state index contributed by atoms with van der Waals surface area (Å²) < 4.78 is 59.2. The lowest BCUT2D eigenvalue weighted by Gasteiger charge is -2.12. The van der Waals surface area contributed by atoms with Crippen LogP contribution >= 0.6 is 0 Å². The maximum atomic E-state index is 11.7. The Morgan fingerprint density at radius 3 is 2.14 bits per heavy atom. The van der Waals surface area contributed by atoms with Gasteiger partial charge in [-0.05, 0) is 6.42 Å². The molecule has 1 atom stereocenters. The molecule has 0 aliphatic rings. The highest BCUT2D eigenvalue weighted by atomic mass is 32.2. The fourth-order valence-corrected chi connectivity index (χ4v) is 1.12. The van der Waals surface area contributed by atoms with Crippen molar-refractivity contribution in [2.45, 2.75) is 25.0 Å². The fourth-order valence-electron chi connectivity index (χ4n) is 0.491. The first-order chi connectivity index (χ1) is 6.12. The number of halogens is 3. The van der Waals surface area contributed by atoms with Crippen LogP contribution in [0.2, 0.25) is 0 Å². The molecule has 0 heterocycles. The van der Waals surface area contributed by atoms with Crippen molar-refractivity contribution in [3.05, 3.63) is 0 Å². The van der Waals surface area contributed by atoms with E-state index in [-0.39, 0.29) is 6.42 Å². The summed E-state index contributed by atoms with van der Waals surface area (Å²) in [6.07, 6.45) is -2.40. The second-order valence-corrected chi connectivity index (χ2v) is 3.79. The molecule has 0 saturated carbocycles. The first-order valence-electron chi connectivity index (χ1n) is 3.34. The van der Waals surface area contributed by atoms with Crippen LogP contribution in [0.1, 0.15) is 13.3 Å². The third-order valence-electron chi connectivity index (χ3n) is 1.17. The molecule has 0 saturated heterocycles. The van der Waals surface area contributed by atoms with Crippen LogP contribution in [0.4, 0.5) is 13.2 Å².